The molecule has 0 saturated heterocycles. The van der Waals surface area contributed by atoms with E-state index in [0.717, 1.165) is 11.1 Å². The van der Waals surface area contributed by atoms with Gasteiger partial charge < -0.3 is 31.6 Å². The fraction of sp³-hybridized carbons (Fsp3) is 0.226. The van der Waals surface area contributed by atoms with E-state index >= 15 is 0 Å². The van der Waals surface area contributed by atoms with Gasteiger partial charge in [-0.1, -0.05) is 42.5 Å². The molecular formula is C31H37N5O8S. The zero-order valence-electron chi connectivity index (χ0n) is 24.9. The summed E-state index contributed by atoms with van der Waals surface area (Å²) in [5.41, 5.74) is 12.8. The maximum absolute atomic E-state index is 13.3. The number of esters is 1. The summed E-state index contributed by atoms with van der Waals surface area (Å²) in [6.45, 7) is 0.308. The van der Waals surface area contributed by atoms with Crippen molar-refractivity contribution in [3.05, 3.63) is 96.1 Å². The average Bonchev–Trinajstić information content (AvgIpc) is 2.98. The smallest absolute Gasteiger partial charge is 0.330 e. The van der Waals surface area contributed by atoms with Crippen LogP contribution in [0.2, 0.25) is 0 Å². The first-order valence-electron chi connectivity index (χ1n) is 13.6. The van der Waals surface area contributed by atoms with Crippen LogP contribution in [0.4, 0.5) is 5.69 Å². The van der Waals surface area contributed by atoms with E-state index in [2.05, 4.69) is 20.4 Å². The second-order valence-electron chi connectivity index (χ2n) is 9.50. The molecule has 7 N–H and O–H groups in total. The average molecular weight is 640 g/mol. The van der Waals surface area contributed by atoms with E-state index in [-0.39, 0.29) is 30.6 Å². The van der Waals surface area contributed by atoms with Crippen molar-refractivity contribution in [2.45, 2.75) is 25.3 Å². The van der Waals surface area contributed by atoms with Crippen molar-refractivity contribution in [2.24, 2.45) is 16.5 Å². The van der Waals surface area contributed by atoms with E-state index in [1.54, 1.807) is 30.3 Å². The molecule has 13 nitrogen and oxygen atoms in total. The summed E-state index contributed by atoms with van der Waals surface area (Å²) in [5, 5.41) is 5.68. The maximum Gasteiger partial charge on any atom is 0.330 e. The molecule has 2 amide bonds. The second kappa shape index (κ2) is 18.5. The number of ether oxygens (including phenoxy) is 2. The molecule has 3 rings (SSSR count). The van der Waals surface area contributed by atoms with Crippen LogP contribution in [0.15, 0.2) is 89.9 Å². The number of nitrogens with zero attached hydrogens (tertiary/aromatic N) is 1. The second-order valence-corrected chi connectivity index (χ2v) is 11.0. The lowest BCUT2D eigenvalue weighted by molar-refractivity contribution is -0.134. The largest absolute Gasteiger partial charge is 0.466 e. The molecule has 240 valence electrons. The zero-order chi connectivity index (χ0) is 33.2. The third-order valence-electron chi connectivity index (χ3n) is 5.62. The number of benzene rings is 3. The first kappa shape index (κ1) is 36.0. The number of methoxy groups -OCH3 is 1. The highest BCUT2D eigenvalue weighted by Crippen LogP contribution is 2.22. The molecule has 0 aromatic heterocycles. The van der Waals surface area contributed by atoms with Gasteiger partial charge in [0.1, 0.15) is 17.5 Å². The highest BCUT2D eigenvalue weighted by Gasteiger charge is 2.22. The van der Waals surface area contributed by atoms with Crippen molar-refractivity contribution in [3.63, 3.8) is 0 Å². The number of rotatable bonds is 13. The number of hydrogen-bond acceptors (Lipinski definition) is 8. The Balaban J connectivity index is 0.00000130. The molecule has 1 unspecified atom stereocenters. The Labute approximate surface area is 262 Å². The van der Waals surface area contributed by atoms with Crippen molar-refractivity contribution in [1.29, 1.82) is 0 Å². The molecule has 3 aromatic carbocycles. The van der Waals surface area contributed by atoms with Gasteiger partial charge in [0, 0.05) is 31.1 Å². The number of amides is 2. The quantitative estimate of drug-likeness (QED) is 0.0461. The van der Waals surface area contributed by atoms with E-state index in [9.17, 15) is 22.8 Å². The van der Waals surface area contributed by atoms with Crippen molar-refractivity contribution >= 4 is 45.6 Å². The number of hydrogen-bond donors (Lipinski definition) is 5. The minimum atomic E-state index is -3.67. The monoisotopic (exact) mass is 639 g/mol. The highest BCUT2D eigenvalue weighted by molar-refractivity contribution is 7.85. The van der Waals surface area contributed by atoms with Crippen molar-refractivity contribution in [1.82, 2.24) is 5.32 Å². The molecule has 0 fully saturated rings. The predicted molar refractivity (Wildman–Crippen MR) is 172 cm³/mol. The SMILES string of the molecule is COC(=O)C=Cc1ccc(NC(=O)C(Cc2cccc(Oc3ccccc3)c2)NC(=O)CCCN=C(N)N)cc1.CS(=O)(=O)O. The number of anilines is 1. The normalized spacial score (nSPS) is 11.4. The molecule has 3 aromatic rings. The minimum absolute atomic E-state index is 0.0397. The van der Waals surface area contributed by atoms with Crippen LogP contribution >= 0.6 is 0 Å². The summed E-state index contributed by atoms with van der Waals surface area (Å²) in [6.07, 6.45) is 4.44. The number of carbonyl (C=O) groups is 3. The number of guanidine groups is 1. The Morgan fingerprint density at radius 1 is 0.978 bits per heavy atom. The van der Waals surface area contributed by atoms with Crippen LogP contribution in [0, 0.1) is 0 Å². The van der Waals surface area contributed by atoms with Crippen LogP contribution in [0.25, 0.3) is 6.08 Å². The minimum Gasteiger partial charge on any atom is -0.466 e. The summed E-state index contributed by atoms with van der Waals surface area (Å²) >= 11 is 0. The lowest BCUT2D eigenvalue weighted by Gasteiger charge is -2.19. The molecule has 14 heteroatoms. The summed E-state index contributed by atoms with van der Waals surface area (Å²) < 4.78 is 36.4. The molecule has 0 saturated carbocycles. The molecule has 0 aliphatic heterocycles. The van der Waals surface area contributed by atoms with Crippen LogP contribution in [0.5, 0.6) is 11.5 Å². The van der Waals surface area contributed by atoms with Crippen molar-refractivity contribution < 1.29 is 36.8 Å². The Hall–Kier alpha value is -5.21. The number of carbonyl (C=O) groups excluding carboxylic acids is 3. The van der Waals surface area contributed by atoms with E-state index in [1.165, 1.54) is 13.2 Å². The Kier molecular flexibility index (Phi) is 14.8. The molecule has 0 radical (unpaired) electrons. The van der Waals surface area contributed by atoms with Gasteiger partial charge in [-0.15, -0.1) is 0 Å². The highest BCUT2D eigenvalue weighted by atomic mass is 32.2. The van der Waals surface area contributed by atoms with Crippen LogP contribution in [-0.2, 0) is 35.7 Å². The van der Waals surface area contributed by atoms with Gasteiger partial charge in [-0.25, -0.2) is 4.79 Å². The van der Waals surface area contributed by atoms with Gasteiger partial charge in [0.2, 0.25) is 11.8 Å². The van der Waals surface area contributed by atoms with Crippen LogP contribution in [0.3, 0.4) is 0 Å². The Morgan fingerprint density at radius 3 is 2.24 bits per heavy atom. The fourth-order valence-corrected chi connectivity index (χ4v) is 3.66. The summed E-state index contributed by atoms with van der Waals surface area (Å²) in [7, 11) is -2.36. The topological polar surface area (TPSA) is 212 Å². The van der Waals surface area contributed by atoms with Crippen molar-refractivity contribution in [3.8, 4) is 11.5 Å². The van der Waals surface area contributed by atoms with Gasteiger partial charge in [0.05, 0.1) is 13.4 Å². The molecular weight excluding hydrogens is 602 g/mol. The molecule has 0 aliphatic carbocycles. The number of nitrogens with one attached hydrogen (secondary N) is 2. The van der Waals surface area contributed by atoms with Crippen LogP contribution < -0.4 is 26.8 Å². The predicted octanol–water partition coefficient (Wildman–Crippen LogP) is 2.89. The first-order valence-corrected chi connectivity index (χ1v) is 15.4. The lowest BCUT2D eigenvalue weighted by atomic mass is 10.0. The van der Waals surface area contributed by atoms with Gasteiger partial charge in [-0.3, -0.25) is 19.1 Å². The van der Waals surface area contributed by atoms with E-state index < -0.39 is 22.1 Å². The summed E-state index contributed by atoms with van der Waals surface area (Å²) in [6, 6.07) is 22.8. The van der Waals surface area contributed by atoms with Crippen molar-refractivity contribution in [2.75, 3.05) is 25.2 Å². The third-order valence-corrected chi connectivity index (χ3v) is 5.62. The Bertz CT molecular complexity index is 1560. The van der Waals surface area contributed by atoms with Gasteiger partial charge in [0.15, 0.2) is 5.96 Å². The zero-order valence-corrected chi connectivity index (χ0v) is 25.7. The third kappa shape index (κ3) is 16.3. The van der Waals surface area contributed by atoms with E-state index in [1.807, 2.05) is 54.6 Å². The lowest BCUT2D eigenvalue weighted by Crippen LogP contribution is -2.45. The van der Waals surface area contributed by atoms with E-state index in [0.29, 0.717) is 36.4 Å². The van der Waals surface area contributed by atoms with E-state index in [4.69, 9.17) is 20.8 Å². The van der Waals surface area contributed by atoms with Crippen LogP contribution in [-0.4, -0.2) is 62.7 Å². The molecule has 0 spiro atoms. The molecule has 0 aliphatic rings. The number of nitrogens with two attached hydrogens (primary N) is 2. The first-order chi connectivity index (χ1) is 21.3. The fourth-order valence-electron chi connectivity index (χ4n) is 3.66. The molecule has 1 atom stereocenters. The maximum atomic E-state index is 13.3. The van der Waals surface area contributed by atoms with Gasteiger partial charge >= 0.3 is 5.97 Å². The molecule has 0 heterocycles. The van der Waals surface area contributed by atoms with Crippen LogP contribution in [0.1, 0.15) is 24.0 Å². The van der Waals surface area contributed by atoms with Gasteiger partial charge in [-0.2, -0.15) is 8.42 Å². The molecule has 0 bridgehead atoms. The van der Waals surface area contributed by atoms with Gasteiger partial charge in [-0.05, 0) is 60.0 Å². The molecule has 45 heavy (non-hydrogen) atoms. The summed E-state index contributed by atoms with van der Waals surface area (Å²) in [5.74, 6) is 0.111. The standard InChI is InChI=1S/C30H33N5O5.CH4O3S/c1-39-28(37)17-14-21-12-15-23(16-13-21)34-29(38)26(35-27(36)11-6-18-33-30(31)32)20-22-7-5-10-25(19-22)40-24-8-3-2-4-9-24;1-5(2,3)4/h2-5,7-10,12-17,19,26H,6,11,18,20H2,1H3,(H,34,38)(H,35,36)(H4,31,32,33);1H3,(H,2,3,4). The summed E-state index contributed by atoms with van der Waals surface area (Å²) in [4.78, 5) is 41.2. The number of para-hydroxylation sites is 1. The Morgan fingerprint density at radius 2 is 1.62 bits per heavy atom. The number of aliphatic imine (C=N–C) groups is 1. The van der Waals surface area contributed by atoms with Gasteiger partial charge in [0.25, 0.3) is 10.1 Å².